The zero-order valence-corrected chi connectivity index (χ0v) is 12.1. The third-order valence-electron chi connectivity index (χ3n) is 2.22. The molecule has 0 fully saturated rings. The summed E-state index contributed by atoms with van der Waals surface area (Å²) in [6.45, 7) is 2.55. The highest BCUT2D eigenvalue weighted by Crippen LogP contribution is 2.13. The summed E-state index contributed by atoms with van der Waals surface area (Å²) >= 11 is 0. The molecule has 0 saturated heterocycles. The van der Waals surface area contributed by atoms with E-state index in [2.05, 4.69) is 9.44 Å². The molecule has 1 aromatic rings. The Morgan fingerprint density at radius 2 is 2.15 bits per heavy atom. The van der Waals surface area contributed by atoms with Crippen LogP contribution in [0.2, 0.25) is 0 Å². The van der Waals surface area contributed by atoms with Crippen LogP contribution in [0.25, 0.3) is 0 Å². The number of rotatable bonds is 8. The maximum Gasteiger partial charge on any atom is 0.338 e. The van der Waals surface area contributed by atoms with Gasteiger partial charge in [-0.1, -0.05) is 13.0 Å². The Balaban J connectivity index is 2.75. The number of carbonyl (C=O) groups is 1. The molecule has 1 rings (SSSR count). The Hall–Kier alpha value is -1.64. The van der Waals surface area contributed by atoms with E-state index in [1.54, 1.807) is 12.1 Å². The van der Waals surface area contributed by atoms with Crippen molar-refractivity contribution in [3.05, 3.63) is 29.8 Å². The molecular weight excluding hydrogens is 282 g/mol. The highest BCUT2D eigenvalue weighted by Gasteiger charge is 2.11. The SMILES string of the molecule is CCCOC(=O)c1cccc(NS(=O)(=O)NCCN)c1. The minimum absolute atomic E-state index is 0.133. The Morgan fingerprint density at radius 1 is 1.40 bits per heavy atom. The van der Waals surface area contributed by atoms with Crippen LogP contribution in [0.5, 0.6) is 0 Å². The number of esters is 1. The molecule has 20 heavy (non-hydrogen) atoms. The lowest BCUT2D eigenvalue weighted by molar-refractivity contribution is 0.0505. The summed E-state index contributed by atoms with van der Waals surface area (Å²) in [6, 6.07) is 6.09. The molecule has 0 radical (unpaired) electrons. The Bertz CT molecular complexity index is 545. The van der Waals surface area contributed by atoms with E-state index in [0.717, 1.165) is 6.42 Å². The predicted molar refractivity (Wildman–Crippen MR) is 76.6 cm³/mol. The van der Waals surface area contributed by atoms with Gasteiger partial charge in [0.1, 0.15) is 0 Å². The van der Waals surface area contributed by atoms with E-state index in [-0.39, 0.29) is 24.3 Å². The van der Waals surface area contributed by atoms with Crippen LogP contribution in [-0.4, -0.2) is 34.1 Å². The van der Waals surface area contributed by atoms with Crippen LogP contribution in [-0.2, 0) is 14.9 Å². The normalized spacial score (nSPS) is 11.1. The zero-order chi connectivity index (χ0) is 15.0. The molecule has 8 heteroatoms. The quantitative estimate of drug-likeness (QED) is 0.604. The summed E-state index contributed by atoms with van der Waals surface area (Å²) in [4.78, 5) is 11.7. The van der Waals surface area contributed by atoms with Crippen LogP contribution in [0.4, 0.5) is 5.69 Å². The van der Waals surface area contributed by atoms with E-state index < -0.39 is 16.2 Å². The number of carbonyl (C=O) groups excluding carboxylic acids is 1. The van der Waals surface area contributed by atoms with Gasteiger partial charge >= 0.3 is 5.97 Å². The van der Waals surface area contributed by atoms with E-state index in [0.29, 0.717) is 6.61 Å². The van der Waals surface area contributed by atoms with Crippen LogP contribution in [0.15, 0.2) is 24.3 Å². The van der Waals surface area contributed by atoms with Gasteiger partial charge in [0.15, 0.2) is 0 Å². The van der Waals surface area contributed by atoms with Crippen LogP contribution in [0, 0.1) is 0 Å². The first-order chi connectivity index (χ1) is 9.48. The monoisotopic (exact) mass is 301 g/mol. The van der Waals surface area contributed by atoms with Gasteiger partial charge in [0.05, 0.1) is 17.9 Å². The highest BCUT2D eigenvalue weighted by atomic mass is 32.2. The van der Waals surface area contributed by atoms with Crippen molar-refractivity contribution in [1.82, 2.24) is 4.72 Å². The van der Waals surface area contributed by atoms with Crippen molar-refractivity contribution in [2.45, 2.75) is 13.3 Å². The number of benzene rings is 1. The first-order valence-electron chi connectivity index (χ1n) is 6.23. The third-order valence-corrected chi connectivity index (χ3v) is 3.31. The van der Waals surface area contributed by atoms with E-state index in [1.807, 2.05) is 6.92 Å². The number of anilines is 1. The maximum absolute atomic E-state index is 11.7. The largest absolute Gasteiger partial charge is 0.462 e. The molecule has 4 N–H and O–H groups in total. The van der Waals surface area contributed by atoms with Gasteiger partial charge in [-0.05, 0) is 24.6 Å². The molecule has 0 aliphatic rings. The predicted octanol–water partition coefficient (Wildman–Crippen LogP) is 0.458. The standard InChI is InChI=1S/C12H19N3O4S/c1-2-8-19-12(16)10-4-3-5-11(9-10)15-20(17,18)14-7-6-13/h3-5,9,14-15H,2,6-8,13H2,1H3. The molecule has 0 saturated carbocycles. The van der Waals surface area contributed by atoms with Crippen molar-refractivity contribution in [2.75, 3.05) is 24.4 Å². The molecule has 0 amide bonds. The topological polar surface area (TPSA) is 111 Å². The first kappa shape index (κ1) is 16.4. The zero-order valence-electron chi connectivity index (χ0n) is 11.3. The van der Waals surface area contributed by atoms with E-state index >= 15 is 0 Å². The van der Waals surface area contributed by atoms with Crippen molar-refractivity contribution >= 4 is 21.9 Å². The van der Waals surface area contributed by atoms with Crippen LogP contribution in [0.1, 0.15) is 23.7 Å². The van der Waals surface area contributed by atoms with Gasteiger partial charge in [0.25, 0.3) is 10.2 Å². The smallest absolute Gasteiger partial charge is 0.338 e. The molecule has 0 unspecified atom stereocenters. The Labute approximate surface area is 118 Å². The van der Waals surface area contributed by atoms with Crippen LogP contribution in [0.3, 0.4) is 0 Å². The molecule has 0 aliphatic heterocycles. The fourth-order valence-electron chi connectivity index (χ4n) is 1.37. The van der Waals surface area contributed by atoms with Gasteiger partial charge in [-0.15, -0.1) is 0 Å². The average molecular weight is 301 g/mol. The van der Waals surface area contributed by atoms with Gasteiger partial charge in [-0.2, -0.15) is 13.1 Å². The number of ether oxygens (including phenoxy) is 1. The van der Waals surface area contributed by atoms with Crippen molar-refractivity contribution < 1.29 is 17.9 Å². The molecule has 0 aliphatic carbocycles. The lowest BCUT2D eigenvalue weighted by Gasteiger charge is -2.09. The van der Waals surface area contributed by atoms with Gasteiger partial charge in [-0.25, -0.2) is 4.79 Å². The average Bonchev–Trinajstić information content (AvgIpc) is 2.42. The first-order valence-corrected chi connectivity index (χ1v) is 7.71. The highest BCUT2D eigenvalue weighted by molar-refractivity contribution is 7.90. The number of nitrogens with one attached hydrogen (secondary N) is 2. The summed E-state index contributed by atoms with van der Waals surface area (Å²) < 4.78 is 32.8. The fourth-order valence-corrected chi connectivity index (χ4v) is 2.27. The van der Waals surface area contributed by atoms with Gasteiger partial charge in [0.2, 0.25) is 0 Å². The molecule has 112 valence electrons. The number of nitrogens with two attached hydrogens (primary N) is 1. The molecule has 0 atom stereocenters. The third kappa shape index (κ3) is 5.55. The summed E-state index contributed by atoms with van der Waals surface area (Å²) in [5, 5.41) is 0. The van der Waals surface area contributed by atoms with Crippen molar-refractivity contribution in [3.63, 3.8) is 0 Å². The minimum Gasteiger partial charge on any atom is -0.462 e. The number of hydrogen-bond donors (Lipinski definition) is 3. The van der Waals surface area contributed by atoms with Crippen LogP contribution >= 0.6 is 0 Å². The minimum atomic E-state index is -3.69. The Kier molecular flexibility index (Phi) is 6.43. The van der Waals surface area contributed by atoms with Gasteiger partial charge in [-0.3, -0.25) is 4.72 Å². The van der Waals surface area contributed by atoms with E-state index in [9.17, 15) is 13.2 Å². The lowest BCUT2D eigenvalue weighted by atomic mass is 10.2. The van der Waals surface area contributed by atoms with Crippen molar-refractivity contribution in [1.29, 1.82) is 0 Å². The van der Waals surface area contributed by atoms with E-state index in [1.165, 1.54) is 12.1 Å². The van der Waals surface area contributed by atoms with Gasteiger partial charge in [0, 0.05) is 13.1 Å². The van der Waals surface area contributed by atoms with Crippen molar-refractivity contribution in [3.8, 4) is 0 Å². The number of hydrogen-bond acceptors (Lipinski definition) is 5. The van der Waals surface area contributed by atoms with E-state index in [4.69, 9.17) is 10.5 Å². The Morgan fingerprint density at radius 3 is 2.80 bits per heavy atom. The molecule has 7 nitrogen and oxygen atoms in total. The summed E-state index contributed by atoms with van der Waals surface area (Å²) in [5.74, 6) is -0.484. The summed E-state index contributed by atoms with van der Waals surface area (Å²) in [6.07, 6.45) is 0.723. The maximum atomic E-state index is 11.7. The van der Waals surface area contributed by atoms with Crippen LogP contribution < -0.4 is 15.2 Å². The second-order valence-corrected chi connectivity index (χ2v) is 5.50. The van der Waals surface area contributed by atoms with Gasteiger partial charge < -0.3 is 10.5 Å². The van der Waals surface area contributed by atoms with Crippen molar-refractivity contribution in [2.24, 2.45) is 5.73 Å². The molecule has 0 heterocycles. The molecule has 0 bridgehead atoms. The molecular formula is C12H19N3O4S. The summed E-state index contributed by atoms with van der Waals surface area (Å²) in [7, 11) is -3.69. The fraction of sp³-hybridized carbons (Fsp3) is 0.417. The molecule has 0 aromatic heterocycles. The second kappa shape index (κ2) is 7.83. The lowest BCUT2D eigenvalue weighted by Crippen LogP contribution is -2.33. The second-order valence-electron chi connectivity index (χ2n) is 4.01. The summed E-state index contributed by atoms with van der Waals surface area (Å²) in [5.41, 5.74) is 5.79. The molecule has 1 aromatic carbocycles. The molecule has 0 spiro atoms.